The van der Waals surface area contributed by atoms with E-state index in [1.165, 1.54) is 4.68 Å². The van der Waals surface area contributed by atoms with Crippen molar-refractivity contribution in [1.29, 1.82) is 0 Å². The first-order chi connectivity index (χ1) is 10.2. The average molecular weight is 303 g/mol. The van der Waals surface area contributed by atoms with Crippen LogP contribution in [0.2, 0.25) is 0 Å². The number of hydrogen-bond acceptors (Lipinski definition) is 5. The third-order valence-corrected chi connectivity index (χ3v) is 4.26. The first kappa shape index (κ1) is 14.0. The maximum atomic E-state index is 12.2. The molecule has 3 rings (SSSR count). The van der Waals surface area contributed by atoms with E-state index < -0.39 is 6.09 Å². The summed E-state index contributed by atoms with van der Waals surface area (Å²) in [5.41, 5.74) is 0.722. The number of hydrogen-bond donors (Lipinski definition) is 0. The second-order valence-corrected chi connectivity index (χ2v) is 6.05. The van der Waals surface area contributed by atoms with Crippen molar-refractivity contribution in [2.45, 2.75) is 12.5 Å². The first-order valence-corrected chi connectivity index (χ1v) is 7.75. The Kier molecular flexibility index (Phi) is 4.17. The van der Waals surface area contributed by atoms with Crippen molar-refractivity contribution in [1.82, 2.24) is 14.7 Å². The minimum absolute atomic E-state index is 0.0409. The topological polar surface area (TPSA) is 47.4 Å². The number of likely N-dealkylation sites (tertiary alicyclic amines) is 1. The van der Waals surface area contributed by atoms with Crippen LogP contribution in [0.5, 0.6) is 0 Å². The maximum Gasteiger partial charge on any atom is 0.435 e. The van der Waals surface area contributed by atoms with Gasteiger partial charge in [-0.2, -0.15) is 9.78 Å². The van der Waals surface area contributed by atoms with Gasteiger partial charge in [0.25, 0.3) is 0 Å². The van der Waals surface area contributed by atoms with Crippen LogP contribution in [0.3, 0.4) is 0 Å². The number of carbonyl (C=O) groups excluding carboxylic acids is 1. The van der Waals surface area contributed by atoms with Crippen LogP contribution >= 0.6 is 11.3 Å². The molecule has 2 aromatic rings. The van der Waals surface area contributed by atoms with Crippen LogP contribution in [0.25, 0.3) is 12.2 Å². The zero-order valence-electron chi connectivity index (χ0n) is 11.8. The molecule has 1 aliphatic rings. The van der Waals surface area contributed by atoms with E-state index in [0.717, 1.165) is 30.1 Å². The summed E-state index contributed by atoms with van der Waals surface area (Å²) >= 11 is 1.65. The molecule has 0 saturated carbocycles. The smallest absolute Gasteiger partial charge is 0.435 e. The maximum absolute atomic E-state index is 12.2. The Hall–Kier alpha value is -1.92. The summed E-state index contributed by atoms with van der Waals surface area (Å²) in [5, 5.41) is 6.07. The Balaban J connectivity index is 1.68. The molecule has 6 heteroatoms. The number of rotatable bonds is 3. The van der Waals surface area contributed by atoms with E-state index in [9.17, 15) is 4.79 Å². The second kappa shape index (κ2) is 6.24. The predicted octanol–water partition coefficient (Wildman–Crippen LogP) is 2.80. The van der Waals surface area contributed by atoms with Crippen molar-refractivity contribution >= 4 is 29.6 Å². The van der Waals surface area contributed by atoms with Gasteiger partial charge >= 0.3 is 6.09 Å². The molecule has 3 heterocycles. The molecule has 0 N–H and O–H groups in total. The standard InChI is InChI=1S/C15H17N3O2S/c1-17-9-7-13(11-17)20-15(19)18-12(6-8-16-18)4-5-14-3-2-10-21-14/h2-6,8,10,13H,7,9,11H2,1H3/b5-4+. The summed E-state index contributed by atoms with van der Waals surface area (Å²) in [5.74, 6) is 0. The minimum Gasteiger partial charge on any atom is -0.443 e. The third kappa shape index (κ3) is 3.40. The second-order valence-electron chi connectivity index (χ2n) is 5.07. The van der Waals surface area contributed by atoms with E-state index in [1.54, 1.807) is 23.6 Å². The monoisotopic (exact) mass is 303 g/mol. The fraction of sp³-hybridized carbons (Fsp3) is 0.333. The molecule has 0 amide bonds. The molecule has 1 unspecified atom stereocenters. The lowest BCUT2D eigenvalue weighted by molar-refractivity contribution is 0.101. The van der Waals surface area contributed by atoms with Crippen LogP contribution in [-0.2, 0) is 4.74 Å². The van der Waals surface area contributed by atoms with Crippen LogP contribution in [-0.4, -0.2) is 47.0 Å². The zero-order chi connectivity index (χ0) is 14.7. The molecule has 2 aromatic heterocycles. The van der Waals surface area contributed by atoms with Crippen molar-refractivity contribution in [3.8, 4) is 0 Å². The fourth-order valence-corrected chi connectivity index (χ4v) is 2.95. The first-order valence-electron chi connectivity index (χ1n) is 6.87. The van der Waals surface area contributed by atoms with Gasteiger partial charge in [-0.15, -0.1) is 11.3 Å². The number of thiophene rings is 1. The Morgan fingerprint density at radius 2 is 2.38 bits per heavy atom. The molecular formula is C15H17N3O2S. The lowest BCUT2D eigenvalue weighted by atomic mass is 10.3. The zero-order valence-corrected chi connectivity index (χ0v) is 12.6. The lowest BCUT2D eigenvalue weighted by Gasteiger charge is -2.12. The Morgan fingerprint density at radius 1 is 1.48 bits per heavy atom. The summed E-state index contributed by atoms with van der Waals surface area (Å²) in [6, 6.07) is 5.81. The van der Waals surface area contributed by atoms with Crippen molar-refractivity contribution in [2.24, 2.45) is 0 Å². The molecule has 110 valence electrons. The number of aromatic nitrogens is 2. The molecule has 0 aliphatic carbocycles. The number of nitrogens with zero attached hydrogens (tertiary/aromatic N) is 3. The molecule has 5 nitrogen and oxygen atoms in total. The molecule has 1 aliphatic heterocycles. The summed E-state index contributed by atoms with van der Waals surface area (Å²) in [4.78, 5) is 15.5. The highest BCUT2D eigenvalue weighted by molar-refractivity contribution is 7.10. The van der Waals surface area contributed by atoms with Crippen LogP contribution in [0.1, 0.15) is 17.0 Å². The van der Waals surface area contributed by atoms with Gasteiger partial charge in [0.15, 0.2) is 0 Å². The van der Waals surface area contributed by atoms with Gasteiger partial charge in [0.2, 0.25) is 0 Å². The highest BCUT2D eigenvalue weighted by Gasteiger charge is 2.24. The van der Waals surface area contributed by atoms with E-state index in [-0.39, 0.29) is 6.10 Å². The van der Waals surface area contributed by atoms with Gasteiger partial charge in [0.1, 0.15) is 6.10 Å². The minimum atomic E-state index is -0.411. The van der Waals surface area contributed by atoms with Gasteiger partial charge in [-0.25, -0.2) is 4.79 Å². The van der Waals surface area contributed by atoms with Crippen LogP contribution < -0.4 is 0 Å². The molecule has 0 bridgehead atoms. The Bertz CT molecular complexity index is 633. The molecular weight excluding hydrogens is 286 g/mol. The highest BCUT2D eigenvalue weighted by Crippen LogP contribution is 2.15. The van der Waals surface area contributed by atoms with Crippen molar-refractivity contribution in [3.63, 3.8) is 0 Å². The van der Waals surface area contributed by atoms with E-state index in [0.29, 0.717) is 0 Å². The van der Waals surface area contributed by atoms with Gasteiger partial charge in [0, 0.05) is 18.0 Å². The van der Waals surface area contributed by atoms with E-state index in [1.807, 2.05) is 36.7 Å². The lowest BCUT2D eigenvalue weighted by Crippen LogP contribution is -2.26. The normalized spacial score (nSPS) is 19.4. The Labute approximate surface area is 127 Å². The van der Waals surface area contributed by atoms with Gasteiger partial charge < -0.3 is 9.64 Å². The average Bonchev–Trinajstić information content (AvgIpc) is 3.17. The summed E-state index contributed by atoms with van der Waals surface area (Å²) in [6.45, 7) is 1.75. The quantitative estimate of drug-likeness (QED) is 0.875. The van der Waals surface area contributed by atoms with Gasteiger partial charge in [-0.1, -0.05) is 6.07 Å². The van der Waals surface area contributed by atoms with Crippen LogP contribution in [0.4, 0.5) is 4.79 Å². The van der Waals surface area contributed by atoms with E-state index in [4.69, 9.17) is 4.74 Å². The van der Waals surface area contributed by atoms with Crippen LogP contribution in [0.15, 0.2) is 29.8 Å². The third-order valence-electron chi connectivity index (χ3n) is 3.42. The fourth-order valence-electron chi connectivity index (χ4n) is 2.33. The number of likely N-dealkylation sites (N-methyl/N-ethyl adjacent to an activating group) is 1. The van der Waals surface area contributed by atoms with Crippen LogP contribution in [0, 0.1) is 0 Å². The van der Waals surface area contributed by atoms with Crippen molar-refractivity contribution in [3.05, 3.63) is 40.3 Å². The molecule has 0 radical (unpaired) electrons. The highest BCUT2D eigenvalue weighted by atomic mass is 32.1. The van der Waals surface area contributed by atoms with E-state index >= 15 is 0 Å². The largest absolute Gasteiger partial charge is 0.443 e. The van der Waals surface area contributed by atoms with Gasteiger partial charge in [-0.3, -0.25) is 0 Å². The summed E-state index contributed by atoms with van der Waals surface area (Å²) < 4.78 is 6.80. The van der Waals surface area contributed by atoms with E-state index in [2.05, 4.69) is 10.00 Å². The summed E-state index contributed by atoms with van der Waals surface area (Å²) in [6.07, 6.45) is 5.88. The molecule has 21 heavy (non-hydrogen) atoms. The molecule has 0 aromatic carbocycles. The number of carbonyl (C=O) groups is 1. The van der Waals surface area contributed by atoms with Gasteiger partial charge in [-0.05, 0) is 43.1 Å². The molecule has 1 fully saturated rings. The molecule has 0 spiro atoms. The molecule has 1 atom stereocenters. The number of ether oxygens (including phenoxy) is 1. The SMILES string of the molecule is CN1CCC(OC(=O)n2nccc2/C=C/c2cccs2)C1. The van der Waals surface area contributed by atoms with Crippen molar-refractivity contribution in [2.75, 3.05) is 20.1 Å². The van der Waals surface area contributed by atoms with Gasteiger partial charge in [0.05, 0.1) is 11.9 Å². The predicted molar refractivity (Wildman–Crippen MR) is 83.3 cm³/mol. The molecule has 1 saturated heterocycles. The summed E-state index contributed by atoms with van der Waals surface area (Å²) in [7, 11) is 2.02. The Morgan fingerprint density at radius 3 is 3.10 bits per heavy atom. The van der Waals surface area contributed by atoms with Crippen molar-refractivity contribution < 1.29 is 9.53 Å².